The van der Waals surface area contributed by atoms with Gasteiger partial charge in [0.15, 0.2) is 5.16 Å². The molecule has 0 bridgehead atoms. The minimum atomic E-state index is -0.438. The topological polar surface area (TPSA) is 72.3 Å². The maximum absolute atomic E-state index is 13.8. The zero-order valence-corrected chi connectivity index (χ0v) is 15.7. The largest absolute Gasteiger partial charge is 0.378 e. The lowest BCUT2D eigenvalue weighted by atomic mass is 10.3. The van der Waals surface area contributed by atoms with Crippen molar-refractivity contribution in [2.75, 3.05) is 37.7 Å². The van der Waals surface area contributed by atoms with Gasteiger partial charge >= 0.3 is 0 Å². The molecule has 1 aromatic carbocycles. The first-order chi connectivity index (χ1) is 13.1. The molecule has 2 heterocycles. The van der Waals surface area contributed by atoms with Gasteiger partial charge in [-0.1, -0.05) is 23.7 Å². The smallest absolute Gasteiger partial charge is 0.234 e. The van der Waals surface area contributed by atoms with Gasteiger partial charge in [0.1, 0.15) is 5.82 Å². The van der Waals surface area contributed by atoms with Gasteiger partial charge < -0.3 is 15.0 Å². The van der Waals surface area contributed by atoms with Crippen molar-refractivity contribution in [3.05, 3.63) is 30.1 Å². The summed E-state index contributed by atoms with van der Waals surface area (Å²) >= 11 is 1.24. The number of rotatable bonds is 6. The molecule has 142 valence electrons. The molecule has 0 saturated carbocycles. The summed E-state index contributed by atoms with van der Waals surface area (Å²) in [5.41, 5.74) is 0.597. The average Bonchev–Trinajstić information content (AvgIpc) is 3.10. The van der Waals surface area contributed by atoms with E-state index in [9.17, 15) is 9.18 Å². The highest BCUT2D eigenvalue weighted by Gasteiger charge is 2.24. The Hall–Kier alpha value is -2.57. The van der Waals surface area contributed by atoms with Crippen molar-refractivity contribution in [2.45, 2.75) is 17.3 Å². The van der Waals surface area contributed by atoms with Gasteiger partial charge in [0, 0.05) is 13.1 Å². The zero-order chi connectivity index (χ0) is 19.2. The van der Waals surface area contributed by atoms with Crippen molar-refractivity contribution in [1.82, 2.24) is 20.1 Å². The normalized spacial score (nSPS) is 15.2. The van der Waals surface area contributed by atoms with Gasteiger partial charge in [-0.05, 0) is 25.1 Å². The number of benzene rings is 1. The zero-order valence-electron chi connectivity index (χ0n) is 14.9. The Balaban J connectivity index is 1.92. The minimum Gasteiger partial charge on any atom is -0.378 e. The van der Waals surface area contributed by atoms with Gasteiger partial charge in [-0.15, -0.1) is 16.6 Å². The number of ether oxygens (including phenoxy) is 1. The van der Waals surface area contributed by atoms with Crippen LogP contribution < -0.4 is 10.2 Å². The summed E-state index contributed by atoms with van der Waals surface area (Å²) < 4.78 is 21.0. The second kappa shape index (κ2) is 8.88. The molecule has 1 atom stereocenters. The van der Waals surface area contributed by atoms with Crippen molar-refractivity contribution < 1.29 is 13.9 Å². The number of halogens is 1. The number of nitrogens with one attached hydrogen (secondary N) is 1. The first-order valence-corrected chi connectivity index (χ1v) is 9.40. The third kappa shape index (κ3) is 4.59. The quantitative estimate of drug-likeness (QED) is 0.596. The van der Waals surface area contributed by atoms with Crippen LogP contribution in [0.4, 0.5) is 10.3 Å². The number of amides is 1. The molecule has 1 aliphatic rings. The number of carbonyl (C=O) groups excluding carboxylic acids is 1. The Kier molecular flexibility index (Phi) is 6.32. The van der Waals surface area contributed by atoms with Gasteiger partial charge in [-0.25, -0.2) is 4.39 Å². The second-order valence-corrected chi connectivity index (χ2v) is 7.19. The van der Waals surface area contributed by atoms with Gasteiger partial charge in [-0.2, -0.15) is 0 Å². The Morgan fingerprint density at radius 3 is 2.93 bits per heavy atom. The number of nitrogens with zero attached hydrogens (tertiary/aromatic N) is 4. The minimum absolute atomic E-state index is 0.166. The van der Waals surface area contributed by atoms with E-state index in [0.717, 1.165) is 0 Å². The fourth-order valence-corrected chi connectivity index (χ4v) is 3.53. The van der Waals surface area contributed by atoms with Crippen molar-refractivity contribution in [3.8, 4) is 18.0 Å². The van der Waals surface area contributed by atoms with Crippen molar-refractivity contribution in [1.29, 1.82) is 0 Å². The molecule has 0 radical (unpaired) electrons. The number of terminal acetylenes is 1. The average molecular weight is 389 g/mol. The van der Waals surface area contributed by atoms with Crippen molar-refractivity contribution in [2.24, 2.45) is 0 Å². The summed E-state index contributed by atoms with van der Waals surface area (Å²) in [7, 11) is 0. The fourth-order valence-electron chi connectivity index (χ4n) is 2.64. The van der Waals surface area contributed by atoms with Gasteiger partial charge in [0.2, 0.25) is 11.9 Å². The first kappa shape index (κ1) is 19.2. The van der Waals surface area contributed by atoms with E-state index in [2.05, 4.69) is 21.4 Å². The Morgan fingerprint density at radius 2 is 2.22 bits per heavy atom. The molecule has 27 heavy (non-hydrogen) atoms. The number of hydrogen-bond donors (Lipinski definition) is 1. The lowest BCUT2D eigenvalue weighted by Crippen LogP contribution is -2.38. The maximum Gasteiger partial charge on any atom is 0.234 e. The van der Waals surface area contributed by atoms with Crippen molar-refractivity contribution >= 4 is 23.6 Å². The number of thioether (sulfide) groups is 1. The number of aromatic nitrogens is 3. The van der Waals surface area contributed by atoms with Crippen LogP contribution in [0.15, 0.2) is 29.4 Å². The van der Waals surface area contributed by atoms with E-state index in [4.69, 9.17) is 11.2 Å². The Labute approximate surface area is 161 Å². The molecule has 1 aliphatic heterocycles. The van der Waals surface area contributed by atoms with E-state index in [1.165, 1.54) is 23.9 Å². The lowest BCUT2D eigenvalue weighted by molar-refractivity contribution is -0.120. The molecule has 1 fully saturated rings. The monoisotopic (exact) mass is 389 g/mol. The first-order valence-electron chi connectivity index (χ1n) is 8.52. The molecule has 1 amide bonds. The summed E-state index contributed by atoms with van der Waals surface area (Å²) in [5, 5.41) is 11.3. The number of anilines is 1. The molecule has 3 rings (SSSR count). The Morgan fingerprint density at radius 1 is 1.44 bits per heavy atom. The van der Waals surface area contributed by atoms with Gasteiger partial charge in [-0.3, -0.25) is 9.36 Å². The van der Waals surface area contributed by atoms with E-state index in [1.807, 2.05) is 4.90 Å². The molecule has 0 aliphatic carbocycles. The summed E-state index contributed by atoms with van der Waals surface area (Å²) in [6, 6.07) is 6.21. The summed E-state index contributed by atoms with van der Waals surface area (Å²) in [6.45, 7) is 4.42. The summed E-state index contributed by atoms with van der Waals surface area (Å²) in [4.78, 5) is 14.2. The number of carbonyl (C=O) groups is 1. The highest BCUT2D eigenvalue weighted by molar-refractivity contribution is 8.00. The molecule has 1 N–H and O–H groups in total. The SMILES string of the molecule is C#CCNC(=O)C(C)Sc1nnc(N2CCOCC2)n1-c1cccc(F)c1. The third-order valence-electron chi connectivity index (χ3n) is 3.99. The predicted molar refractivity (Wildman–Crippen MR) is 102 cm³/mol. The molecule has 7 nitrogen and oxygen atoms in total. The number of hydrogen-bond acceptors (Lipinski definition) is 6. The van der Waals surface area contributed by atoms with E-state index >= 15 is 0 Å². The molecular weight excluding hydrogens is 369 g/mol. The van der Waals surface area contributed by atoms with Crippen molar-refractivity contribution in [3.63, 3.8) is 0 Å². The predicted octanol–water partition coefficient (Wildman–Crippen LogP) is 1.47. The van der Waals surface area contributed by atoms with Gasteiger partial charge in [0.05, 0.1) is 30.7 Å². The van der Waals surface area contributed by atoms with Crippen LogP contribution in [-0.4, -0.2) is 58.8 Å². The molecule has 1 unspecified atom stereocenters. The van der Waals surface area contributed by atoms with Crippen LogP contribution in [0.3, 0.4) is 0 Å². The van der Waals surface area contributed by atoms with Crippen LogP contribution in [0.5, 0.6) is 0 Å². The van der Waals surface area contributed by atoms with Crippen LogP contribution in [0, 0.1) is 18.2 Å². The fraction of sp³-hybridized carbons (Fsp3) is 0.389. The molecule has 1 aromatic heterocycles. The highest BCUT2D eigenvalue weighted by Crippen LogP contribution is 2.29. The van der Waals surface area contributed by atoms with Gasteiger partial charge in [0.25, 0.3) is 0 Å². The van der Waals surface area contributed by atoms with Crippen LogP contribution in [0.2, 0.25) is 0 Å². The van der Waals surface area contributed by atoms with Crippen LogP contribution in [0.1, 0.15) is 6.92 Å². The second-order valence-electron chi connectivity index (χ2n) is 5.88. The summed E-state index contributed by atoms with van der Waals surface area (Å²) in [5.74, 6) is 2.42. The van der Waals surface area contributed by atoms with Crippen LogP contribution >= 0.6 is 11.8 Å². The van der Waals surface area contributed by atoms with E-state index in [1.54, 1.807) is 23.6 Å². The van der Waals surface area contributed by atoms with Crippen LogP contribution in [-0.2, 0) is 9.53 Å². The molecular formula is C18H20FN5O2S. The molecule has 0 spiro atoms. The maximum atomic E-state index is 13.8. The third-order valence-corrected chi connectivity index (χ3v) is 5.04. The van der Waals surface area contributed by atoms with E-state index < -0.39 is 5.25 Å². The van der Waals surface area contributed by atoms with E-state index in [0.29, 0.717) is 43.1 Å². The molecule has 2 aromatic rings. The number of morpholine rings is 1. The molecule has 9 heteroatoms. The molecule has 1 saturated heterocycles. The van der Waals surface area contributed by atoms with E-state index in [-0.39, 0.29) is 18.3 Å². The van der Waals surface area contributed by atoms with Crippen LogP contribution in [0.25, 0.3) is 5.69 Å². The Bertz CT molecular complexity index is 845. The highest BCUT2D eigenvalue weighted by atomic mass is 32.2. The summed E-state index contributed by atoms with van der Waals surface area (Å²) in [6.07, 6.45) is 5.18. The lowest BCUT2D eigenvalue weighted by Gasteiger charge is -2.28. The standard InChI is InChI=1S/C18H20FN5O2S/c1-3-7-20-16(25)13(2)27-18-22-21-17(23-8-10-26-11-9-23)24(18)15-6-4-5-14(19)12-15/h1,4-6,12-13H,7-11H2,2H3,(H,20,25).